The van der Waals surface area contributed by atoms with Crippen LogP contribution in [0.1, 0.15) is 46.2 Å². The summed E-state index contributed by atoms with van der Waals surface area (Å²) < 4.78 is 2.13. The fourth-order valence-electron chi connectivity index (χ4n) is 5.76. The fourth-order valence-corrected chi connectivity index (χ4v) is 6.79. The number of carbonyl (C=O) groups is 1. The Balaban J connectivity index is 1.30. The maximum absolute atomic E-state index is 13.9. The lowest BCUT2D eigenvalue weighted by molar-refractivity contribution is -0.384. The van der Waals surface area contributed by atoms with Crippen LogP contribution in [0.3, 0.4) is 0 Å². The summed E-state index contributed by atoms with van der Waals surface area (Å²) in [5.41, 5.74) is 9.06. The highest BCUT2D eigenvalue weighted by molar-refractivity contribution is 7.97. The van der Waals surface area contributed by atoms with E-state index in [1.807, 2.05) is 12.1 Å². The molecule has 0 unspecified atom stereocenters. The van der Waals surface area contributed by atoms with Crippen molar-refractivity contribution in [1.82, 2.24) is 4.31 Å². The average molecular weight is 486 g/mol. The quantitative estimate of drug-likeness (QED) is 0.287. The van der Waals surface area contributed by atoms with E-state index in [0.717, 1.165) is 49.1 Å². The first-order valence-corrected chi connectivity index (χ1v) is 13.1. The number of hydrogen-bond acceptors (Lipinski definition) is 5. The summed E-state index contributed by atoms with van der Waals surface area (Å²) in [4.78, 5) is 25.4. The molecular formula is C28H27N3O3S. The van der Waals surface area contributed by atoms with E-state index < -0.39 is 4.92 Å². The molecule has 0 fully saturated rings. The van der Waals surface area contributed by atoms with Gasteiger partial charge in [-0.05, 0) is 102 Å². The average Bonchev–Trinajstić information content (AvgIpc) is 3.53. The number of nitrogens with zero attached hydrogens (tertiary/aromatic N) is 2. The molecule has 0 saturated carbocycles. The summed E-state index contributed by atoms with van der Waals surface area (Å²) in [6.45, 7) is 0.640. The number of non-ortho nitro benzene ring substituents is 1. The highest BCUT2D eigenvalue weighted by atomic mass is 32.2. The van der Waals surface area contributed by atoms with Crippen molar-refractivity contribution in [2.75, 3.05) is 5.32 Å². The SMILES string of the molecule is O=C(Nc1c2c(cc3c1CCC3)CCC2)[C@@H]1Cc2ccccc2CN1Sc1ccc([N+](=O)[O-])cc1. The molecule has 0 aromatic heterocycles. The molecule has 35 heavy (non-hydrogen) atoms. The standard InChI is InChI=1S/C28H27N3O3S/c32-28(29-27-24-9-3-7-19(24)15-20-8-4-10-25(20)27)26-16-18-5-1-2-6-21(18)17-30(26)35-23-13-11-22(12-14-23)31(33)34/h1-2,5-6,11-15,26H,3-4,7-10,16-17H2,(H,29,32)/t26-/m0/s1. The molecule has 3 aliphatic rings. The molecule has 1 N–H and O–H groups in total. The Labute approximate surface area is 209 Å². The van der Waals surface area contributed by atoms with Crippen molar-refractivity contribution in [3.63, 3.8) is 0 Å². The van der Waals surface area contributed by atoms with Gasteiger partial charge in [-0.2, -0.15) is 0 Å². The second-order valence-electron chi connectivity index (χ2n) is 9.63. The predicted molar refractivity (Wildman–Crippen MR) is 138 cm³/mol. The monoisotopic (exact) mass is 485 g/mol. The third kappa shape index (κ3) is 4.23. The predicted octanol–water partition coefficient (Wildman–Crippen LogP) is 5.64. The number of nitro groups is 1. The Bertz CT molecular complexity index is 1290. The van der Waals surface area contributed by atoms with Crippen LogP contribution in [-0.4, -0.2) is 21.2 Å². The van der Waals surface area contributed by atoms with Gasteiger partial charge in [0.15, 0.2) is 0 Å². The van der Waals surface area contributed by atoms with Crippen molar-refractivity contribution < 1.29 is 9.72 Å². The molecule has 3 aromatic rings. The van der Waals surface area contributed by atoms with E-state index in [0.29, 0.717) is 13.0 Å². The molecule has 7 heteroatoms. The Morgan fingerprint density at radius 2 is 1.57 bits per heavy atom. The number of benzene rings is 3. The molecular weight excluding hydrogens is 458 g/mol. The van der Waals surface area contributed by atoms with E-state index in [-0.39, 0.29) is 17.6 Å². The highest BCUT2D eigenvalue weighted by Crippen LogP contribution is 2.40. The first kappa shape index (κ1) is 22.3. The number of nitrogens with one attached hydrogen (secondary N) is 1. The van der Waals surface area contributed by atoms with Gasteiger partial charge in [-0.25, -0.2) is 4.31 Å². The van der Waals surface area contributed by atoms with Crippen LogP contribution in [0.5, 0.6) is 0 Å². The van der Waals surface area contributed by atoms with E-state index >= 15 is 0 Å². The summed E-state index contributed by atoms with van der Waals surface area (Å²) >= 11 is 1.50. The van der Waals surface area contributed by atoms with E-state index in [4.69, 9.17) is 0 Å². The molecule has 1 atom stereocenters. The van der Waals surface area contributed by atoms with Crippen molar-refractivity contribution in [2.45, 2.75) is 62.4 Å². The molecule has 0 radical (unpaired) electrons. The summed E-state index contributed by atoms with van der Waals surface area (Å²) in [5, 5.41) is 14.5. The Morgan fingerprint density at radius 3 is 2.23 bits per heavy atom. The molecule has 2 aliphatic carbocycles. The minimum Gasteiger partial charge on any atom is -0.324 e. The first-order valence-electron chi connectivity index (χ1n) is 12.3. The maximum atomic E-state index is 13.9. The van der Waals surface area contributed by atoms with E-state index in [9.17, 15) is 14.9 Å². The van der Waals surface area contributed by atoms with Gasteiger partial charge in [0.25, 0.3) is 5.69 Å². The maximum Gasteiger partial charge on any atom is 0.269 e. The molecule has 1 heterocycles. The van der Waals surface area contributed by atoms with Crippen molar-refractivity contribution in [1.29, 1.82) is 0 Å². The Hall–Kier alpha value is -3.16. The van der Waals surface area contributed by atoms with Crippen LogP contribution in [0.2, 0.25) is 0 Å². The largest absolute Gasteiger partial charge is 0.324 e. The number of rotatable bonds is 5. The summed E-state index contributed by atoms with van der Waals surface area (Å²) in [6, 6.07) is 16.9. The summed E-state index contributed by atoms with van der Waals surface area (Å²) in [5.74, 6) is 0.0308. The van der Waals surface area contributed by atoms with Gasteiger partial charge >= 0.3 is 0 Å². The highest BCUT2D eigenvalue weighted by Gasteiger charge is 2.34. The van der Waals surface area contributed by atoms with Crippen LogP contribution < -0.4 is 5.32 Å². The van der Waals surface area contributed by atoms with Crippen LogP contribution >= 0.6 is 11.9 Å². The number of anilines is 1. The van der Waals surface area contributed by atoms with Crippen LogP contribution in [0.15, 0.2) is 59.5 Å². The van der Waals surface area contributed by atoms with Crippen molar-refractivity contribution >= 4 is 29.2 Å². The van der Waals surface area contributed by atoms with Crippen LogP contribution in [0.4, 0.5) is 11.4 Å². The van der Waals surface area contributed by atoms with E-state index in [2.05, 4.69) is 27.8 Å². The van der Waals surface area contributed by atoms with Gasteiger partial charge in [-0.1, -0.05) is 30.3 Å². The zero-order valence-corrected chi connectivity index (χ0v) is 20.3. The smallest absolute Gasteiger partial charge is 0.269 e. The lowest BCUT2D eigenvalue weighted by Gasteiger charge is -2.35. The van der Waals surface area contributed by atoms with Crippen molar-refractivity contribution in [3.8, 4) is 0 Å². The molecule has 0 spiro atoms. The third-order valence-corrected chi connectivity index (χ3v) is 8.60. The normalized spacial score (nSPS) is 18.6. The van der Waals surface area contributed by atoms with E-state index in [1.54, 1.807) is 12.1 Å². The lowest BCUT2D eigenvalue weighted by Crippen LogP contribution is -2.44. The summed E-state index contributed by atoms with van der Waals surface area (Å²) in [6.07, 6.45) is 7.22. The Morgan fingerprint density at radius 1 is 0.914 bits per heavy atom. The molecule has 0 bridgehead atoms. The topological polar surface area (TPSA) is 75.5 Å². The van der Waals surface area contributed by atoms with E-state index in [1.165, 1.54) is 57.5 Å². The summed E-state index contributed by atoms with van der Waals surface area (Å²) in [7, 11) is 0. The number of carbonyl (C=O) groups excluding carboxylic acids is 1. The number of fused-ring (bicyclic) bond motifs is 3. The molecule has 1 aliphatic heterocycles. The minimum absolute atomic E-state index is 0.0308. The van der Waals surface area contributed by atoms with Gasteiger partial charge in [-0.15, -0.1) is 0 Å². The minimum atomic E-state index is -0.390. The zero-order chi connectivity index (χ0) is 23.9. The van der Waals surface area contributed by atoms with Gasteiger partial charge in [0.05, 0.1) is 4.92 Å². The lowest BCUT2D eigenvalue weighted by atomic mass is 9.94. The van der Waals surface area contributed by atoms with Crippen LogP contribution in [0, 0.1) is 10.1 Å². The third-order valence-electron chi connectivity index (χ3n) is 7.50. The van der Waals surface area contributed by atoms with Gasteiger partial charge in [0.1, 0.15) is 6.04 Å². The molecule has 6 nitrogen and oxygen atoms in total. The first-order chi connectivity index (χ1) is 17.1. The second-order valence-corrected chi connectivity index (χ2v) is 10.8. The van der Waals surface area contributed by atoms with Gasteiger partial charge < -0.3 is 5.32 Å². The Kier molecular flexibility index (Phi) is 5.82. The van der Waals surface area contributed by atoms with Crippen molar-refractivity contribution in [3.05, 3.63) is 98.1 Å². The molecule has 3 aromatic carbocycles. The van der Waals surface area contributed by atoms with Gasteiger partial charge in [0, 0.05) is 29.3 Å². The molecule has 178 valence electrons. The molecule has 0 saturated heterocycles. The molecule has 1 amide bonds. The van der Waals surface area contributed by atoms with Gasteiger partial charge in [0.2, 0.25) is 5.91 Å². The second kappa shape index (κ2) is 9.13. The molecule has 6 rings (SSSR count). The number of hydrogen-bond donors (Lipinski definition) is 1. The van der Waals surface area contributed by atoms with Crippen molar-refractivity contribution in [2.24, 2.45) is 0 Å². The fraction of sp³-hybridized carbons (Fsp3) is 0.321. The van der Waals surface area contributed by atoms with Crippen LogP contribution in [-0.2, 0) is 43.4 Å². The van der Waals surface area contributed by atoms with Gasteiger partial charge in [-0.3, -0.25) is 14.9 Å². The number of amides is 1. The van der Waals surface area contributed by atoms with Crippen LogP contribution in [0.25, 0.3) is 0 Å². The number of aryl methyl sites for hydroxylation is 2. The zero-order valence-electron chi connectivity index (χ0n) is 19.5. The number of nitro benzene ring substituents is 1.